The van der Waals surface area contributed by atoms with E-state index in [0.29, 0.717) is 35.2 Å². The molecule has 0 bridgehead atoms. The van der Waals surface area contributed by atoms with Crippen molar-refractivity contribution in [3.8, 4) is 0 Å². The molecule has 0 fully saturated rings. The maximum absolute atomic E-state index is 13.4. The molecule has 0 radical (unpaired) electrons. The summed E-state index contributed by atoms with van der Waals surface area (Å²) in [6, 6.07) is 18.6. The minimum atomic E-state index is -0.244. The van der Waals surface area contributed by atoms with E-state index in [1.165, 1.54) is 0 Å². The molecule has 0 spiro atoms. The maximum atomic E-state index is 13.4. The van der Waals surface area contributed by atoms with Gasteiger partial charge in [-0.2, -0.15) is 0 Å². The minimum absolute atomic E-state index is 0.00117. The average Bonchev–Trinajstić information content (AvgIpc) is 3.29. The van der Waals surface area contributed by atoms with Crippen LogP contribution in [0.25, 0.3) is 0 Å². The molecule has 3 rings (SSSR count). The highest BCUT2D eigenvalue weighted by atomic mass is 35.5. The zero-order chi connectivity index (χ0) is 22.9. The van der Waals surface area contributed by atoms with Crippen LogP contribution < -0.4 is 0 Å². The quantitative estimate of drug-likeness (QED) is 0.325. The molecule has 32 heavy (non-hydrogen) atoms. The fraction of sp³-hybridized carbons (Fsp3) is 0.280. The molecule has 0 aliphatic carbocycles. The van der Waals surface area contributed by atoms with Crippen LogP contribution in [0.3, 0.4) is 0 Å². The summed E-state index contributed by atoms with van der Waals surface area (Å²) in [5.74, 6) is -0.341. The molecule has 2 aromatic carbocycles. The van der Waals surface area contributed by atoms with Crippen molar-refractivity contribution in [2.45, 2.75) is 32.9 Å². The Labute approximate surface area is 203 Å². The van der Waals surface area contributed by atoms with E-state index in [1.807, 2.05) is 47.8 Å². The third kappa shape index (κ3) is 7.09. The molecule has 0 unspecified atom stereocenters. The van der Waals surface area contributed by atoms with Gasteiger partial charge < -0.3 is 9.80 Å². The molecule has 4 nitrogen and oxygen atoms in total. The number of hydrogen-bond donors (Lipinski definition) is 0. The molecular weight excluding hydrogens is 463 g/mol. The second kappa shape index (κ2) is 12.0. The van der Waals surface area contributed by atoms with Gasteiger partial charge >= 0.3 is 0 Å². The van der Waals surface area contributed by atoms with Crippen molar-refractivity contribution in [3.05, 3.63) is 92.1 Å². The Hall–Kier alpha value is -2.34. The monoisotopic (exact) mass is 488 g/mol. The molecule has 0 saturated heterocycles. The SMILES string of the molecule is CCCCN(CC(=O)N(Cc1ccccc1)Cc1cccs1)C(=O)c1cc(Cl)cc(Cl)c1. The van der Waals surface area contributed by atoms with Crippen molar-refractivity contribution in [3.63, 3.8) is 0 Å². The second-order valence-electron chi connectivity index (χ2n) is 7.55. The van der Waals surface area contributed by atoms with Gasteiger partial charge in [0.1, 0.15) is 6.54 Å². The fourth-order valence-corrected chi connectivity index (χ4v) is 4.60. The first kappa shape index (κ1) is 24.3. The number of thiophene rings is 1. The van der Waals surface area contributed by atoms with Gasteiger partial charge in [-0.05, 0) is 41.6 Å². The van der Waals surface area contributed by atoms with E-state index in [2.05, 4.69) is 6.92 Å². The van der Waals surface area contributed by atoms with Gasteiger partial charge in [0, 0.05) is 33.6 Å². The number of nitrogens with zero attached hydrogens (tertiary/aromatic N) is 2. The molecule has 7 heteroatoms. The van der Waals surface area contributed by atoms with Crippen molar-refractivity contribution in [2.75, 3.05) is 13.1 Å². The van der Waals surface area contributed by atoms with Crippen LogP contribution in [0.2, 0.25) is 10.0 Å². The average molecular weight is 489 g/mol. The van der Waals surface area contributed by atoms with E-state index in [1.54, 1.807) is 39.3 Å². The van der Waals surface area contributed by atoms with E-state index in [4.69, 9.17) is 23.2 Å². The van der Waals surface area contributed by atoms with Gasteiger partial charge in [-0.1, -0.05) is 72.9 Å². The Bertz CT molecular complexity index is 1010. The summed E-state index contributed by atoms with van der Waals surface area (Å²) in [4.78, 5) is 31.1. The van der Waals surface area contributed by atoms with Crippen molar-refractivity contribution in [1.29, 1.82) is 0 Å². The van der Waals surface area contributed by atoms with Gasteiger partial charge in [0.15, 0.2) is 0 Å². The topological polar surface area (TPSA) is 40.6 Å². The van der Waals surface area contributed by atoms with Crippen LogP contribution in [-0.4, -0.2) is 34.7 Å². The molecule has 0 atom stereocenters. The predicted molar refractivity (Wildman–Crippen MR) is 132 cm³/mol. The van der Waals surface area contributed by atoms with Crippen LogP contribution in [0.1, 0.15) is 40.6 Å². The van der Waals surface area contributed by atoms with Gasteiger partial charge in [-0.15, -0.1) is 11.3 Å². The normalized spacial score (nSPS) is 10.7. The van der Waals surface area contributed by atoms with E-state index in [-0.39, 0.29) is 18.4 Å². The summed E-state index contributed by atoms with van der Waals surface area (Å²) in [5.41, 5.74) is 1.43. The molecule has 3 aromatic rings. The molecule has 0 aliphatic heterocycles. The zero-order valence-corrected chi connectivity index (χ0v) is 20.3. The number of hydrogen-bond acceptors (Lipinski definition) is 3. The molecule has 1 aromatic heterocycles. The van der Waals surface area contributed by atoms with Gasteiger partial charge in [-0.3, -0.25) is 9.59 Å². The molecule has 0 aliphatic rings. The summed E-state index contributed by atoms with van der Waals surface area (Å²) >= 11 is 13.8. The molecular formula is C25H26Cl2N2O2S. The van der Waals surface area contributed by atoms with Gasteiger partial charge in [-0.25, -0.2) is 0 Å². The van der Waals surface area contributed by atoms with Crippen molar-refractivity contribution < 1.29 is 9.59 Å². The molecule has 2 amide bonds. The second-order valence-corrected chi connectivity index (χ2v) is 9.46. The van der Waals surface area contributed by atoms with E-state index in [9.17, 15) is 9.59 Å². The van der Waals surface area contributed by atoms with Crippen LogP contribution in [0.4, 0.5) is 0 Å². The Kier molecular flexibility index (Phi) is 9.15. The maximum Gasteiger partial charge on any atom is 0.254 e. The van der Waals surface area contributed by atoms with Crippen LogP contribution >= 0.6 is 34.5 Å². The standard InChI is InChI=1S/C25H26Cl2N2O2S/c1-2-3-11-28(25(31)20-13-21(26)15-22(27)14-20)18-24(30)29(17-23-10-7-12-32-23)16-19-8-5-4-6-9-19/h4-10,12-15H,2-3,11,16-18H2,1H3. The van der Waals surface area contributed by atoms with Crippen molar-refractivity contribution in [1.82, 2.24) is 9.80 Å². The molecule has 0 N–H and O–H groups in total. The number of unbranched alkanes of at least 4 members (excludes halogenated alkanes) is 1. The lowest BCUT2D eigenvalue weighted by Crippen LogP contribution is -2.42. The first-order chi connectivity index (χ1) is 15.5. The van der Waals surface area contributed by atoms with Gasteiger partial charge in [0.2, 0.25) is 5.91 Å². The highest BCUT2D eigenvalue weighted by Gasteiger charge is 2.23. The number of halogens is 2. The predicted octanol–water partition coefficient (Wildman–Crippen LogP) is 6.53. The zero-order valence-electron chi connectivity index (χ0n) is 18.0. The van der Waals surface area contributed by atoms with Crippen molar-refractivity contribution >= 4 is 46.4 Å². The largest absolute Gasteiger partial charge is 0.332 e. The minimum Gasteiger partial charge on any atom is -0.332 e. The summed E-state index contributed by atoms with van der Waals surface area (Å²) in [6.45, 7) is 3.53. The lowest BCUT2D eigenvalue weighted by atomic mass is 10.1. The highest BCUT2D eigenvalue weighted by Crippen LogP contribution is 2.21. The smallest absolute Gasteiger partial charge is 0.254 e. The Morgan fingerprint density at radius 2 is 1.62 bits per heavy atom. The van der Waals surface area contributed by atoms with E-state index in [0.717, 1.165) is 23.3 Å². The van der Waals surface area contributed by atoms with Crippen LogP contribution in [0, 0.1) is 0 Å². The van der Waals surface area contributed by atoms with Crippen LogP contribution in [0.5, 0.6) is 0 Å². The summed E-state index contributed by atoms with van der Waals surface area (Å²) in [6.07, 6.45) is 1.72. The van der Waals surface area contributed by atoms with Crippen LogP contribution in [-0.2, 0) is 17.9 Å². The lowest BCUT2D eigenvalue weighted by Gasteiger charge is -2.28. The number of carbonyl (C=O) groups is 2. The summed E-state index contributed by atoms with van der Waals surface area (Å²) in [7, 11) is 0. The fourth-order valence-electron chi connectivity index (χ4n) is 3.35. The summed E-state index contributed by atoms with van der Waals surface area (Å²) < 4.78 is 0. The third-order valence-corrected chi connectivity index (χ3v) is 6.30. The van der Waals surface area contributed by atoms with Gasteiger partial charge in [0.25, 0.3) is 5.91 Å². The third-order valence-electron chi connectivity index (χ3n) is 5.00. The van der Waals surface area contributed by atoms with E-state index < -0.39 is 0 Å². The Morgan fingerprint density at radius 1 is 0.906 bits per heavy atom. The Balaban J connectivity index is 1.80. The Morgan fingerprint density at radius 3 is 2.25 bits per heavy atom. The number of amides is 2. The first-order valence-corrected chi connectivity index (χ1v) is 12.2. The molecule has 0 saturated carbocycles. The highest BCUT2D eigenvalue weighted by molar-refractivity contribution is 7.09. The van der Waals surface area contributed by atoms with Crippen LogP contribution in [0.15, 0.2) is 66.0 Å². The lowest BCUT2D eigenvalue weighted by molar-refractivity contribution is -0.133. The molecule has 1 heterocycles. The van der Waals surface area contributed by atoms with Gasteiger partial charge in [0.05, 0.1) is 6.54 Å². The molecule has 168 valence electrons. The number of benzene rings is 2. The first-order valence-electron chi connectivity index (χ1n) is 10.6. The number of rotatable bonds is 10. The van der Waals surface area contributed by atoms with Crippen molar-refractivity contribution in [2.24, 2.45) is 0 Å². The van der Waals surface area contributed by atoms with E-state index >= 15 is 0 Å². The number of carbonyl (C=O) groups excluding carboxylic acids is 2. The summed E-state index contributed by atoms with van der Waals surface area (Å²) in [5, 5.41) is 2.79.